The smallest absolute Gasteiger partial charge is 0.272 e. The standard InChI is InChI=1S/C13H10ClN3O2S/c14-8-5-4-7(12(15)20)6-10(8)17-13(19)9-2-1-3-11(18)16-9/h1-6H,(H2,15,20)(H,16,18)(H,17,19). The first-order valence-electron chi connectivity index (χ1n) is 5.57. The van der Waals surface area contributed by atoms with Gasteiger partial charge in [-0.25, -0.2) is 0 Å². The highest BCUT2D eigenvalue weighted by molar-refractivity contribution is 7.80. The lowest BCUT2D eigenvalue weighted by atomic mass is 10.2. The number of anilines is 1. The summed E-state index contributed by atoms with van der Waals surface area (Å²) < 4.78 is 0. The van der Waals surface area contributed by atoms with Gasteiger partial charge in [0.25, 0.3) is 5.91 Å². The minimum Gasteiger partial charge on any atom is -0.389 e. The molecule has 0 saturated carbocycles. The highest BCUT2D eigenvalue weighted by atomic mass is 35.5. The van der Waals surface area contributed by atoms with Crippen molar-refractivity contribution >= 4 is 40.4 Å². The van der Waals surface area contributed by atoms with Crippen LogP contribution < -0.4 is 16.6 Å². The molecule has 7 heteroatoms. The molecule has 0 aliphatic carbocycles. The molecule has 0 bridgehead atoms. The van der Waals surface area contributed by atoms with Gasteiger partial charge in [0.1, 0.15) is 10.7 Å². The lowest BCUT2D eigenvalue weighted by molar-refractivity contribution is 0.102. The van der Waals surface area contributed by atoms with E-state index in [4.69, 9.17) is 29.6 Å². The van der Waals surface area contributed by atoms with Crippen LogP contribution in [0.15, 0.2) is 41.2 Å². The lowest BCUT2D eigenvalue weighted by Crippen LogP contribution is -2.18. The quantitative estimate of drug-likeness (QED) is 0.756. The third kappa shape index (κ3) is 3.23. The Morgan fingerprint density at radius 1 is 1.30 bits per heavy atom. The number of hydrogen-bond acceptors (Lipinski definition) is 3. The van der Waals surface area contributed by atoms with Gasteiger partial charge in [0.2, 0.25) is 5.56 Å². The van der Waals surface area contributed by atoms with E-state index < -0.39 is 5.91 Å². The maximum absolute atomic E-state index is 12.0. The van der Waals surface area contributed by atoms with E-state index in [-0.39, 0.29) is 16.2 Å². The van der Waals surface area contributed by atoms with Crippen LogP contribution in [0.1, 0.15) is 16.1 Å². The van der Waals surface area contributed by atoms with Crippen molar-refractivity contribution in [3.63, 3.8) is 0 Å². The van der Waals surface area contributed by atoms with Gasteiger partial charge in [-0.2, -0.15) is 0 Å². The Morgan fingerprint density at radius 2 is 2.05 bits per heavy atom. The normalized spacial score (nSPS) is 10.1. The topological polar surface area (TPSA) is 88.0 Å². The fraction of sp³-hybridized carbons (Fsp3) is 0. The zero-order valence-corrected chi connectivity index (χ0v) is 11.7. The first-order valence-corrected chi connectivity index (χ1v) is 6.36. The van der Waals surface area contributed by atoms with E-state index in [9.17, 15) is 9.59 Å². The Balaban J connectivity index is 2.30. The first-order chi connectivity index (χ1) is 9.47. The highest BCUT2D eigenvalue weighted by Gasteiger charge is 2.10. The summed E-state index contributed by atoms with van der Waals surface area (Å²) in [5.74, 6) is -0.482. The number of pyridine rings is 1. The zero-order valence-electron chi connectivity index (χ0n) is 10.1. The summed E-state index contributed by atoms with van der Waals surface area (Å²) in [5, 5.41) is 2.94. The molecule has 0 saturated heterocycles. The molecule has 102 valence electrons. The summed E-state index contributed by atoms with van der Waals surface area (Å²) in [5.41, 5.74) is 6.25. The summed E-state index contributed by atoms with van der Waals surface area (Å²) in [6.45, 7) is 0. The van der Waals surface area contributed by atoms with Crippen molar-refractivity contribution in [3.05, 3.63) is 63.0 Å². The van der Waals surface area contributed by atoms with E-state index in [1.165, 1.54) is 18.2 Å². The van der Waals surface area contributed by atoms with E-state index >= 15 is 0 Å². The average molecular weight is 308 g/mol. The highest BCUT2D eigenvalue weighted by Crippen LogP contribution is 2.23. The van der Waals surface area contributed by atoms with Crippen LogP contribution >= 0.6 is 23.8 Å². The number of carbonyl (C=O) groups is 1. The predicted molar refractivity (Wildman–Crippen MR) is 82.4 cm³/mol. The minimum absolute atomic E-state index is 0.134. The van der Waals surface area contributed by atoms with Crippen molar-refractivity contribution in [2.45, 2.75) is 0 Å². The SMILES string of the molecule is NC(=S)c1ccc(Cl)c(NC(=O)c2cccc(=O)[nH]2)c1. The zero-order chi connectivity index (χ0) is 14.7. The second-order valence-electron chi connectivity index (χ2n) is 3.94. The van der Waals surface area contributed by atoms with Crippen LogP contribution in [-0.4, -0.2) is 15.9 Å². The summed E-state index contributed by atoms with van der Waals surface area (Å²) >= 11 is 10.9. The Morgan fingerprint density at radius 3 is 2.70 bits per heavy atom. The molecule has 0 aliphatic rings. The second-order valence-corrected chi connectivity index (χ2v) is 4.79. The molecule has 0 spiro atoms. The van der Waals surface area contributed by atoms with Crippen LogP contribution in [0, 0.1) is 0 Å². The molecule has 5 nitrogen and oxygen atoms in total. The first kappa shape index (κ1) is 14.2. The van der Waals surface area contributed by atoms with Crippen LogP contribution in [0.2, 0.25) is 5.02 Å². The minimum atomic E-state index is -0.482. The molecule has 4 N–H and O–H groups in total. The van der Waals surface area contributed by atoms with E-state index in [1.54, 1.807) is 18.2 Å². The summed E-state index contributed by atoms with van der Waals surface area (Å²) in [4.78, 5) is 25.8. The second kappa shape index (κ2) is 5.85. The molecule has 2 aromatic rings. The number of nitrogens with two attached hydrogens (primary N) is 1. The maximum Gasteiger partial charge on any atom is 0.272 e. The number of rotatable bonds is 3. The Bertz CT molecular complexity index is 742. The van der Waals surface area contributed by atoms with Gasteiger partial charge in [-0.1, -0.05) is 36.0 Å². The number of halogens is 1. The van der Waals surface area contributed by atoms with Crippen LogP contribution in [0.5, 0.6) is 0 Å². The van der Waals surface area contributed by atoms with E-state index in [0.29, 0.717) is 16.3 Å². The number of thiocarbonyl (C=S) groups is 1. The summed E-state index contributed by atoms with van der Waals surface area (Å²) in [6.07, 6.45) is 0. The molecule has 0 radical (unpaired) electrons. The maximum atomic E-state index is 12.0. The molecule has 2 rings (SSSR count). The van der Waals surface area contributed by atoms with Crippen molar-refractivity contribution < 1.29 is 4.79 Å². The Hall–Kier alpha value is -2.18. The molecular weight excluding hydrogens is 298 g/mol. The number of H-pyrrole nitrogens is 1. The largest absolute Gasteiger partial charge is 0.389 e. The summed E-state index contributed by atoms with van der Waals surface area (Å²) in [7, 11) is 0. The molecular formula is C13H10ClN3O2S. The molecule has 0 fully saturated rings. The van der Waals surface area contributed by atoms with E-state index in [2.05, 4.69) is 10.3 Å². The van der Waals surface area contributed by atoms with Gasteiger partial charge in [0.05, 0.1) is 10.7 Å². The molecule has 0 atom stereocenters. The Kier molecular flexibility index (Phi) is 4.16. The third-order valence-electron chi connectivity index (χ3n) is 2.51. The molecule has 0 aliphatic heterocycles. The van der Waals surface area contributed by atoms with Crippen molar-refractivity contribution in [1.82, 2.24) is 4.98 Å². The van der Waals surface area contributed by atoms with Crippen LogP contribution in [-0.2, 0) is 0 Å². The van der Waals surface area contributed by atoms with E-state index in [1.807, 2.05) is 0 Å². The van der Waals surface area contributed by atoms with Gasteiger partial charge < -0.3 is 16.0 Å². The monoisotopic (exact) mass is 307 g/mol. The van der Waals surface area contributed by atoms with Crippen molar-refractivity contribution in [2.24, 2.45) is 5.73 Å². The van der Waals surface area contributed by atoms with Gasteiger partial charge in [-0.15, -0.1) is 0 Å². The number of hydrogen-bond donors (Lipinski definition) is 3. The summed E-state index contributed by atoms with van der Waals surface area (Å²) in [6, 6.07) is 9.10. The average Bonchev–Trinajstić information content (AvgIpc) is 2.41. The Labute approximate surface area is 124 Å². The number of carbonyl (C=O) groups excluding carboxylic acids is 1. The molecule has 1 heterocycles. The van der Waals surface area contributed by atoms with Gasteiger partial charge in [0, 0.05) is 11.6 Å². The molecule has 20 heavy (non-hydrogen) atoms. The molecule has 1 aromatic carbocycles. The van der Waals surface area contributed by atoms with Gasteiger partial charge in [-0.3, -0.25) is 9.59 Å². The number of aromatic amines is 1. The van der Waals surface area contributed by atoms with Gasteiger partial charge in [0.15, 0.2) is 0 Å². The van der Waals surface area contributed by atoms with Crippen LogP contribution in [0.25, 0.3) is 0 Å². The van der Waals surface area contributed by atoms with Crippen LogP contribution in [0.3, 0.4) is 0 Å². The van der Waals surface area contributed by atoms with E-state index in [0.717, 1.165) is 0 Å². The number of benzene rings is 1. The fourth-order valence-corrected chi connectivity index (χ4v) is 1.84. The fourth-order valence-electron chi connectivity index (χ4n) is 1.54. The molecule has 1 aromatic heterocycles. The van der Waals surface area contributed by atoms with Crippen molar-refractivity contribution in [1.29, 1.82) is 0 Å². The van der Waals surface area contributed by atoms with Crippen molar-refractivity contribution in [2.75, 3.05) is 5.32 Å². The van der Waals surface area contributed by atoms with Gasteiger partial charge in [-0.05, 0) is 18.2 Å². The number of aromatic nitrogens is 1. The van der Waals surface area contributed by atoms with Crippen molar-refractivity contribution in [3.8, 4) is 0 Å². The molecule has 1 amide bonds. The number of amides is 1. The van der Waals surface area contributed by atoms with Gasteiger partial charge >= 0.3 is 0 Å². The predicted octanol–water partition coefficient (Wildman–Crippen LogP) is 1.91. The lowest BCUT2D eigenvalue weighted by Gasteiger charge is -2.09. The molecule has 0 unspecified atom stereocenters. The number of nitrogens with one attached hydrogen (secondary N) is 2. The van der Waals surface area contributed by atoms with Crippen LogP contribution in [0.4, 0.5) is 5.69 Å². The third-order valence-corrected chi connectivity index (χ3v) is 3.08.